The Morgan fingerprint density at radius 2 is 1.87 bits per heavy atom. The van der Waals surface area contributed by atoms with E-state index in [4.69, 9.17) is 14.9 Å². The number of nitrogens with one attached hydrogen (secondary N) is 1. The summed E-state index contributed by atoms with van der Waals surface area (Å²) in [5.74, 6) is 0.977. The molecule has 0 unspecified atom stereocenters. The molecule has 0 bridgehead atoms. The fraction of sp³-hybridized carbons (Fsp3) is 0.238. The highest BCUT2D eigenvalue weighted by atomic mass is 16.5. The molecule has 160 valence electrons. The first-order chi connectivity index (χ1) is 15.0. The number of carbonyl (C=O) groups is 2. The number of furan rings is 1. The Morgan fingerprint density at radius 3 is 2.48 bits per heavy atom. The number of ether oxygens (including phenoxy) is 1. The van der Waals surface area contributed by atoms with Gasteiger partial charge in [0, 0.05) is 38.1 Å². The Morgan fingerprint density at radius 1 is 1.13 bits per heavy atom. The van der Waals surface area contributed by atoms with Gasteiger partial charge in [-0.15, -0.1) is 0 Å². The van der Waals surface area contributed by atoms with Gasteiger partial charge in [0.05, 0.1) is 13.4 Å². The normalized spacial score (nSPS) is 13.7. The minimum Gasteiger partial charge on any atom is -0.497 e. The summed E-state index contributed by atoms with van der Waals surface area (Å²) >= 11 is 0. The van der Waals surface area contributed by atoms with Crippen LogP contribution in [0, 0.1) is 0 Å². The van der Waals surface area contributed by atoms with Crippen molar-refractivity contribution in [3.63, 3.8) is 0 Å². The maximum Gasteiger partial charge on any atom is 0.289 e. The zero-order chi connectivity index (χ0) is 21.8. The number of methoxy groups -OCH3 is 1. The fourth-order valence-corrected chi connectivity index (χ4v) is 3.25. The molecule has 0 atom stereocenters. The lowest BCUT2D eigenvalue weighted by Gasteiger charge is -2.34. The van der Waals surface area contributed by atoms with Crippen molar-refractivity contribution in [1.29, 1.82) is 0 Å². The van der Waals surface area contributed by atoms with E-state index < -0.39 is 5.91 Å². The number of carbonyl (C=O) groups excluding carboxylic acids is 2. The van der Waals surface area contributed by atoms with Crippen molar-refractivity contribution in [2.75, 3.05) is 49.2 Å². The van der Waals surface area contributed by atoms with E-state index in [9.17, 15) is 9.59 Å². The number of anilines is 3. The SMILES string of the molecule is COc1ccc(NC(=O)c2cnc(N3CCN(C(=O)c4ccco4)CC3)nc2N)cc1. The summed E-state index contributed by atoms with van der Waals surface area (Å²) in [6, 6.07) is 10.3. The summed E-state index contributed by atoms with van der Waals surface area (Å²) < 4.78 is 10.3. The number of nitrogens with two attached hydrogens (primary N) is 1. The molecule has 3 aromatic rings. The van der Waals surface area contributed by atoms with E-state index >= 15 is 0 Å². The smallest absolute Gasteiger partial charge is 0.289 e. The van der Waals surface area contributed by atoms with Crippen molar-refractivity contribution in [1.82, 2.24) is 14.9 Å². The van der Waals surface area contributed by atoms with E-state index in [-0.39, 0.29) is 17.3 Å². The summed E-state index contributed by atoms with van der Waals surface area (Å²) in [5, 5.41) is 2.76. The van der Waals surface area contributed by atoms with E-state index in [1.54, 1.807) is 48.4 Å². The molecule has 0 saturated carbocycles. The number of amides is 2. The van der Waals surface area contributed by atoms with E-state index in [1.807, 2.05) is 4.90 Å². The third kappa shape index (κ3) is 4.42. The Balaban J connectivity index is 1.38. The summed E-state index contributed by atoms with van der Waals surface area (Å²) in [7, 11) is 1.57. The lowest BCUT2D eigenvalue weighted by Crippen LogP contribution is -2.49. The van der Waals surface area contributed by atoms with Gasteiger partial charge in [0.25, 0.3) is 11.8 Å². The molecule has 0 aliphatic carbocycles. The second-order valence-electron chi connectivity index (χ2n) is 6.91. The van der Waals surface area contributed by atoms with Crippen LogP contribution in [0.1, 0.15) is 20.9 Å². The maximum atomic E-state index is 12.5. The monoisotopic (exact) mass is 422 g/mol. The number of rotatable bonds is 5. The number of hydrogen-bond donors (Lipinski definition) is 2. The van der Waals surface area contributed by atoms with Gasteiger partial charge in [-0.05, 0) is 36.4 Å². The Hall–Kier alpha value is -4.08. The number of nitrogen functional groups attached to an aromatic ring is 1. The van der Waals surface area contributed by atoms with E-state index in [1.165, 1.54) is 12.5 Å². The molecule has 2 amide bonds. The van der Waals surface area contributed by atoms with Crippen LogP contribution in [-0.2, 0) is 0 Å². The minimum absolute atomic E-state index is 0.0881. The molecule has 10 heteroatoms. The molecular formula is C21H22N6O4. The lowest BCUT2D eigenvalue weighted by atomic mass is 10.2. The number of hydrogen-bond acceptors (Lipinski definition) is 8. The van der Waals surface area contributed by atoms with Crippen LogP contribution in [0.3, 0.4) is 0 Å². The molecule has 1 aliphatic heterocycles. The van der Waals surface area contributed by atoms with Crippen LogP contribution in [-0.4, -0.2) is 60.0 Å². The van der Waals surface area contributed by atoms with Gasteiger partial charge in [-0.3, -0.25) is 9.59 Å². The Kier molecular flexibility index (Phi) is 5.69. The Bertz CT molecular complexity index is 1060. The predicted molar refractivity (Wildman–Crippen MR) is 114 cm³/mol. The molecule has 1 aliphatic rings. The first-order valence-electron chi connectivity index (χ1n) is 9.71. The van der Waals surface area contributed by atoms with Crippen LogP contribution in [0.25, 0.3) is 0 Å². The van der Waals surface area contributed by atoms with Gasteiger partial charge in [-0.1, -0.05) is 0 Å². The average molecular weight is 422 g/mol. The molecule has 2 aromatic heterocycles. The van der Waals surface area contributed by atoms with Crippen molar-refractivity contribution in [2.45, 2.75) is 0 Å². The van der Waals surface area contributed by atoms with Crippen LogP contribution in [0.4, 0.5) is 17.5 Å². The summed E-state index contributed by atoms with van der Waals surface area (Å²) in [6.45, 7) is 2.09. The fourth-order valence-electron chi connectivity index (χ4n) is 3.25. The number of piperazine rings is 1. The molecule has 0 radical (unpaired) electrons. The zero-order valence-corrected chi connectivity index (χ0v) is 16.9. The third-order valence-corrected chi connectivity index (χ3v) is 4.98. The van der Waals surface area contributed by atoms with E-state index in [2.05, 4.69) is 15.3 Å². The molecule has 10 nitrogen and oxygen atoms in total. The summed E-state index contributed by atoms with van der Waals surface area (Å²) in [5.41, 5.74) is 6.82. The van der Waals surface area contributed by atoms with Crippen molar-refractivity contribution in [3.8, 4) is 5.75 Å². The first kappa shape index (κ1) is 20.2. The molecular weight excluding hydrogens is 400 g/mol. The van der Waals surface area contributed by atoms with Gasteiger partial charge in [-0.2, -0.15) is 4.98 Å². The molecule has 3 N–H and O–H groups in total. The molecule has 1 saturated heterocycles. The molecule has 1 fully saturated rings. The zero-order valence-electron chi connectivity index (χ0n) is 16.9. The van der Waals surface area contributed by atoms with Crippen molar-refractivity contribution in [2.24, 2.45) is 0 Å². The highest BCUT2D eigenvalue weighted by molar-refractivity contribution is 6.07. The second-order valence-corrected chi connectivity index (χ2v) is 6.91. The quantitative estimate of drug-likeness (QED) is 0.638. The van der Waals surface area contributed by atoms with Crippen LogP contribution >= 0.6 is 0 Å². The topological polar surface area (TPSA) is 127 Å². The van der Waals surface area contributed by atoms with Gasteiger partial charge < -0.3 is 30.0 Å². The van der Waals surface area contributed by atoms with Gasteiger partial charge >= 0.3 is 0 Å². The molecule has 0 spiro atoms. The molecule has 4 rings (SSSR count). The van der Waals surface area contributed by atoms with E-state index in [0.717, 1.165) is 0 Å². The van der Waals surface area contributed by atoms with Crippen molar-refractivity contribution in [3.05, 3.63) is 60.2 Å². The van der Waals surface area contributed by atoms with Crippen molar-refractivity contribution >= 4 is 29.3 Å². The summed E-state index contributed by atoms with van der Waals surface area (Å²) in [6.07, 6.45) is 2.89. The average Bonchev–Trinajstić information content (AvgIpc) is 3.34. The largest absolute Gasteiger partial charge is 0.497 e. The first-order valence-corrected chi connectivity index (χ1v) is 9.71. The van der Waals surface area contributed by atoms with Gasteiger partial charge in [0.1, 0.15) is 17.1 Å². The molecule has 1 aromatic carbocycles. The predicted octanol–water partition coefficient (Wildman–Crippen LogP) is 1.88. The van der Waals surface area contributed by atoms with Gasteiger partial charge in [0.2, 0.25) is 5.95 Å². The standard InChI is InChI=1S/C21H22N6O4/c1-30-15-6-4-14(5-7-15)24-19(28)16-13-23-21(25-18(16)22)27-10-8-26(9-11-27)20(29)17-3-2-12-31-17/h2-7,12-13H,8-11H2,1H3,(H,24,28)(H2,22,23,25). The number of nitrogens with zero attached hydrogens (tertiary/aromatic N) is 4. The van der Waals surface area contributed by atoms with Crippen LogP contribution in [0.15, 0.2) is 53.3 Å². The van der Waals surface area contributed by atoms with Crippen LogP contribution in [0.2, 0.25) is 0 Å². The highest BCUT2D eigenvalue weighted by Gasteiger charge is 2.25. The number of benzene rings is 1. The van der Waals surface area contributed by atoms with Crippen LogP contribution in [0.5, 0.6) is 5.75 Å². The van der Waals surface area contributed by atoms with Crippen LogP contribution < -0.4 is 20.7 Å². The van der Waals surface area contributed by atoms with E-state index in [0.29, 0.717) is 49.3 Å². The minimum atomic E-state index is -0.400. The molecule has 31 heavy (non-hydrogen) atoms. The number of aromatic nitrogens is 2. The van der Waals surface area contributed by atoms with Gasteiger partial charge in [-0.25, -0.2) is 4.98 Å². The second kappa shape index (κ2) is 8.74. The third-order valence-electron chi connectivity index (χ3n) is 4.98. The van der Waals surface area contributed by atoms with Crippen molar-refractivity contribution < 1.29 is 18.7 Å². The lowest BCUT2D eigenvalue weighted by molar-refractivity contribution is 0.0714. The summed E-state index contributed by atoms with van der Waals surface area (Å²) in [4.78, 5) is 37.2. The molecule has 3 heterocycles. The van der Waals surface area contributed by atoms with Gasteiger partial charge in [0.15, 0.2) is 5.76 Å². The highest BCUT2D eigenvalue weighted by Crippen LogP contribution is 2.19. The Labute approximate surface area is 178 Å². The maximum absolute atomic E-state index is 12.5.